The van der Waals surface area contributed by atoms with Gasteiger partial charge in [0.1, 0.15) is 23.9 Å². The molecule has 0 atom stereocenters. The van der Waals surface area contributed by atoms with Crippen molar-refractivity contribution in [1.82, 2.24) is 9.97 Å². The number of hydrogen-bond donors (Lipinski definition) is 1. The molecule has 4 heteroatoms. The summed E-state index contributed by atoms with van der Waals surface area (Å²) in [7, 11) is 0. The molecule has 2 rings (SSSR count). The lowest BCUT2D eigenvalue weighted by molar-refractivity contribution is 0.345. The van der Waals surface area contributed by atoms with Crippen molar-refractivity contribution in [1.29, 1.82) is 5.26 Å². The molecule has 90 valence electrons. The van der Waals surface area contributed by atoms with Crippen LogP contribution in [0.25, 0.3) is 0 Å². The fourth-order valence-electron chi connectivity index (χ4n) is 2.40. The second-order valence-corrected chi connectivity index (χ2v) is 4.62. The van der Waals surface area contributed by atoms with Gasteiger partial charge in [0.2, 0.25) is 0 Å². The van der Waals surface area contributed by atoms with Gasteiger partial charge in [0.15, 0.2) is 0 Å². The van der Waals surface area contributed by atoms with E-state index in [1.165, 1.54) is 44.9 Å². The highest BCUT2D eigenvalue weighted by Crippen LogP contribution is 2.26. The van der Waals surface area contributed by atoms with Gasteiger partial charge in [-0.25, -0.2) is 9.97 Å². The first-order valence-electron chi connectivity index (χ1n) is 6.34. The Morgan fingerprint density at radius 1 is 1.29 bits per heavy atom. The fourth-order valence-corrected chi connectivity index (χ4v) is 2.40. The number of nitriles is 1. The van der Waals surface area contributed by atoms with Gasteiger partial charge in [-0.05, 0) is 12.3 Å². The van der Waals surface area contributed by atoms with Crippen molar-refractivity contribution in [2.45, 2.75) is 38.5 Å². The Bertz CT molecular complexity index is 391. The number of nitrogens with one attached hydrogen (secondary N) is 1. The van der Waals surface area contributed by atoms with Crippen LogP contribution in [-0.4, -0.2) is 16.5 Å². The van der Waals surface area contributed by atoms with E-state index in [4.69, 9.17) is 5.26 Å². The van der Waals surface area contributed by atoms with Crippen LogP contribution >= 0.6 is 0 Å². The molecular weight excluding hydrogens is 212 g/mol. The first-order chi connectivity index (χ1) is 8.38. The van der Waals surface area contributed by atoms with Crippen LogP contribution in [0.1, 0.15) is 44.2 Å². The second kappa shape index (κ2) is 6.19. The Balaban J connectivity index is 1.75. The number of hydrogen-bond acceptors (Lipinski definition) is 4. The minimum absolute atomic E-state index is 0.417. The summed E-state index contributed by atoms with van der Waals surface area (Å²) < 4.78 is 0. The smallest absolute Gasteiger partial charge is 0.145 e. The highest BCUT2D eigenvalue weighted by Gasteiger charge is 2.12. The molecule has 1 aliphatic carbocycles. The molecule has 0 aliphatic heterocycles. The van der Waals surface area contributed by atoms with Gasteiger partial charge in [0, 0.05) is 12.6 Å². The third-order valence-corrected chi connectivity index (χ3v) is 3.37. The van der Waals surface area contributed by atoms with Crippen molar-refractivity contribution in [3.63, 3.8) is 0 Å². The summed E-state index contributed by atoms with van der Waals surface area (Å²) in [5, 5.41) is 12.0. The Kier molecular flexibility index (Phi) is 4.31. The minimum Gasteiger partial charge on any atom is -0.370 e. The summed E-state index contributed by atoms with van der Waals surface area (Å²) in [6.07, 6.45) is 9.55. The van der Waals surface area contributed by atoms with E-state index in [9.17, 15) is 0 Å². The lowest BCUT2D eigenvalue weighted by Gasteiger charge is -2.21. The number of aromatic nitrogens is 2. The third-order valence-electron chi connectivity index (χ3n) is 3.37. The molecular formula is C13H18N4. The van der Waals surface area contributed by atoms with Gasteiger partial charge in [-0.15, -0.1) is 0 Å². The number of anilines is 1. The van der Waals surface area contributed by atoms with Gasteiger partial charge in [-0.2, -0.15) is 5.26 Å². The molecule has 1 aromatic rings. The average Bonchev–Trinajstić information content (AvgIpc) is 2.40. The predicted molar refractivity (Wildman–Crippen MR) is 66.4 cm³/mol. The van der Waals surface area contributed by atoms with Crippen LogP contribution in [0, 0.1) is 17.2 Å². The maximum atomic E-state index is 8.72. The summed E-state index contributed by atoms with van der Waals surface area (Å²) in [5.41, 5.74) is 0.417. The molecule has 4 nitrogen and oxygen atoms in total. The average molecular weight is 230 g/mol. The van der Waals surface area contributed by atoms with Crippen LogP contribution in [0.5, 0.6) is 0 Å². The van der Waals surface area contributed by atoms with E-state index in [-0.39, 0.29) is 0 Å². The Hall–Kier alpha value is -1.63. The lowest BCUT2D eigenvalue weighted by Crippen LogP contribution is -2.12. The van der Waals surface area contributed by atoms with E-state index in [0.717, 1.165) is 18.3 Å². The molecule has 1 fully saturated rings. The molecule has 1 N–H and O–H groups in total. The van der Waals surface area contributed by atoms with Crippen LogP contribution in [0.3, 0.4) is 0 Å². The summed E-state index contributed by atoms with van der Waals surface area (Å²) in [6, 6.07) is 3.71. The van der Waals surface area contributed by atoms with Crippen molar-refractivity contribution in [3.05, 3.63) is 18.1 Å². The van der Waals surface area contributed by atoms with Crippen LogP contribution < -0.4 is 5.32 Å². The van der Waals surface area contributed by atoms with Gasteiger partial charge in [0.25, 0.3) is 0 Å². The van der Waals surface area contributed by atoms with Crippen molar-refractivity contribution < 1.29 is 0 Å². The van der Waals surface area contributed by atoms with Crippen molar-refractivity contribution >= 4 is 5.82 Å². The Morgan fingerprint density at radius 2 is 2.12 bits per heavy atom. The highest BCUT2D eigenvalue weighted by atomic mass is 15.0. The zero-order valence-corrected chi connectivity index (χ0v) is 10.0. The zero-order valence-electron chi connectivity index (χ0n) is 10.0. The molecule has 0 spiro atoms. The lowest BCUT2D eigenvalue weighted by atomic mass is 9.87. The molecule has 1 saturated carbocycles. The molecule has 1 aliphatic rings. The van der Waals surface area contributed by atoms with Gasteiger partial charge < -0.3 is 5.32 Å². The predicted octanol–water partition coefficient (Wildman–Crippen LogP) is 2.73. The van der Waals surface area contributed by atoms with E-state index in [1.807, 2.05) is 6.07 Å². The van der Waals surface area contributed by atoms with Crippen LogP contribution in [-0.2, 0) is 0 Å². The standard InChI is InChI=1S/C13H18N4/c14-9-12-8-13(17-10-16-12)15-7-6-11-4-2-1-3-5-11/h8,10-11H,1-7H2,(H,15,16,17). The maximum Gasteiger partial charge on any atom is 0.145 e. The van der Waals surface area contributed by atoms with Crippen LogP contribution in [0.4, 0.5) is 5.82 Å². The summed E-state index contributed by atoms with van der Waals surface area (Å²) >= 11 is 0. The normalized spacial score (nSPS) is 16.4. The fraction of sp³-hybridized carbons (Fsp3) is 0.615. The highest BCUT2D eigenvalue weighted by molar-refractivity contribution is 5.38. The van der Waals surface area contributed by atoms with E-state index in [0.29, 0.717) is 5.69 Å². The molecule has 0 aromatic carbocycles. The van der Waals surface area contributed by atoms with Gasteiger partial charge >= 0.3 is 0 Å². The maximum absolute atomic E-state index is 8.72. The first kappa shape index (κ1) is 11.8. The molecule has 0 bridgehead atoms. The Labute approximate surface area is 102 Å². The van der Waals surface area contributed by atoms with Crippen molar-refractivity contribution in [3.8, 4) is 6.07 Å². The topological polar surface area (TPSA) is 61.6 Å². The molecule has 17 heavy (non-hydrogen) atoms. The van der Waals surface area contributed by atoms with E-state index in [2.05, 4.69) is 15.3 Å². The zero-order chi connectivity index (χ0) is 11.9. The van der Waals surface area contributed by atoms with E-state index < -0.39 is 0 Å². The molecule has 1 heterocycles. The molecule has 1 aromatic heterocycles. The van der Waals surface area contributed by atoms with E-state index in [1.54, 1.807) is 6.07 Å². The SMILES string of the molecule is N#Cc1cc(NCCC2CCCCC2)ncn1. The third kappa shape index (κ3) is 3.70. The molecule has 0 unspecified atom stereocenters. The Morgan fingerprint density at radius 3 is 2.88 bits per heavy atom. The number of nitrogens with zero attached hydrogens (tertiary/aromatic N) is 3. The first-order valence-corrected chi connectivity index (χ1v) is 6.34. The monoisotopic (exact) mass is 230 g/mol. The van der Waals surface area contributed by atoms with Crippen molar-refractivity contribution in [2.75, 3.05) is 11.9 Å². The summed E-state index contributed by atoms with van der Waals surface area (Å²) in [5.74, 6) is 1.63. The van der Waals surface area contributed by atoms with Crippen LogP contribution in [0.15, 0.2) is 12.4 Å². The van der Waals surface area contributed by atoms with Gasteiger partial charge in [-0.1, -0.05) is 32.1 Å². The summed E-state index contributed by atoms with van der Waals surface area (Å²) in [4.78, 5) is 7.94. The number of rotatable bonds is 4. The largest absolute Gasteiger partial charge is 0.370 e. The molecule has 0 radical (unpaired) electrons. The second-order valence-electron chi connectivity index (χ2n) is 4.62. The van der Waals surface area contributed by atoms with E-state index >= 15 is 0 Å². The van der Waals surface area contributed by atoms with Crippen LogP contribution in [0.2, 0.25) is 0 Å². The van der Waals surface area contributed by atoms with Gasteiger partial charge in [0.05, 0.1) is 0 Å². The molecule has 0 amide bonds. The van der Waals surface area contributed by atoms with Gasteiger partial charge in [-0.3, -0.25) is 0 Å². The quantitative estimate of drug-likeness (QED) is 0.863. The molecule has 0 saturated heterocycles. The summed E-state index contributed by atoms with van der Waals surface area (Å²) in [6.45, 7) is 0.937. The minimum atomic E-state index is 0.417. The van der Waals surface area contributed by atoms with Crippen molar-refractivity contribution in [2.24, 2.45) is 5.92 Å².